The van der Waals surface area contributed by atoms with E-state index in [2.05, 4.69) is 0 Å². The van der Waals surface area contributed by atoms with Crippen LogP contribution in [0.15, 0.2) is 0 Å². The second-order valence-electron chi connectivity index (χ2n) is 12.4. The maximum atomic E-state index is 12.2. The van der Waals surface area contributed by atoms with Crippen LogP contribution in [0.25, 0.3) is 0 Å². The molecule has 12 unspecified atom stereocenters. The molecule has 0 aliphatic carbocycles. The Balaban J connectivity index is 5.50. The number of carbonyl (C=O) groups is 3. The monoisotopic (exact) mass is 622 g/mol. The predicted molar refractivity (Wildman–Crippen MR) is 159 cm³/mol. The van der Waals surface area contributed by atoms with Crippen molar-refractivity contribution in [2.24, 2.45) is 23.7 Å². The van der Waals surface area contributed by atoms with Crippen LogP contribution in [-0.4, -0.2) is 88.7 Å². The van der Waals surface area contributed by atoms with Crippen LogP contribution in [-0.2, 0) is 28.4 Å². The normalized spacial score (nSPS) is 20.7. The molecule has 0 aliphatic heterocycles. The van der Waals surface area contributed by atoms with E-state index in [1.165, 1.54) is 20.8 Å². The number of hydrogen-bond acceptors (Lipinski definition) is 12. The molecule has 0 bridgehead atoms. The van der Waals surface area contributed by atoms with Gasteiger partial charge in [0.2, 0.25) is 0 Å². The summed E-state index contributed by atoms with van der Waals surface area (Å²) in [5.74, 6) is -0.199. The van der Waals surface area contributed by atoms with Crippen LogP contribution in [0.5, 0.6) is 0 Å². The van der Waals surface area contributed by atoms with Crippen molar-refractivity contribution in [1.29, 1.82) is 0 Å². The van der Waals surface area contributed by atoms with Crippen LogP contribution in [0.1, 0.15) is 102 Å². The van der Waals surface area contributed by atoms with Crippen LogP contribution in [0, 0.1) is 23.7 Å². The summed E-state index contributed by atoms with van der Waals surface area (Å²) in [5.41, 5.74) is 0. The van der Waals surface area contributed by atoms with E-state index in [1.807, 2.05) is 20.8 Å². The molecule has 0 radical (unpaired) electrons. The average Bonchev–Trinajstić information content (AvgIpc) is 2.87. The fourth-order valence-corrected chi connectivity index (χ4v) is 4.08. The Bertz CT molecular complexity index is 712. The van der Waals surface area contributed by atoms with Gasteiger partial charge in [-0.25, -0.2) is 14.4 Å². The molecule has 0 fully saturated rings. The van der Waals surface area contributed by atoms with Gasteiger partial charge >= 0.3 is 18.5 Å². The van der Waals surface area contributed by atoms with Crippen molar-refractivity contribution in [3.8, 4) is 0 Å². The summed E-state index contributed by atoms with van der Waals surface area (Å²) in [4.78, 5) is 36.7. The molecule has 0 amide bonds. The summed E-state index contributed by atoms with van der Waals surface area (Å²) in [5, 5.41) is 28.8. The van der Waals surface area contributed by atoms with Crippen LogP contribution in [0.2, 0.25) is 0 Å². The topological polar surface area (TPSA) is 167 Å². The van der Waals surface area contributed by atoms with Crippen molar-refractivity contribution in [3.05, 3.63) is 0 Å². The van der Waals surface area contributed by atoms with Gasteiger partial charge in [0.25, 0.3) is 0 Å². The SMILES string of the molecule is CC(O)C(C)OC(=O)OC(C)C(C)CC(CC(C)C(C)OC(=O)OC(C)C(C)O)CC(C)C(C)OC(=O)OC(C)C(C)O. The molecule has 12 atom stereocenters. The molecule has 0 rings (SSSR count). The summed E-state index contributed by atoms with van der Waals surface area (Å²) in [6.45, 7) is 20.5. The molecule has 0 aromatic carbocycles. The third-order valence-corrected chi connectivity index (χ3v) is 8.25. The molecular weight excluding hydrogens is 564 g/mol. The number of carbonyl (C=O) groups excluding carboxylic acids is 3. The molecule has 0 saturated heterocycles. The highest BCUT2D eigenvalue weighted by molar-refractivity contribution is 5.61. The molecule has 0 heterocycles. The molecule has 0 aromatic rings. The van der Waals surface area contributed by atoms with E-state index in [0.717, 1.165) is 0 Å². The molecule has 3 N–H and O–H groups in total. The first-order valence-corrected chi connectivity index (χ1v) is 15.4. The summed E-state index contributed by atoms with van der Waals surface area (Å²) < 4.78 is 31.8. The highest BCUT2D eigenvalue weighted by Gasteiger charge is 2.30. The molecule has 0 aromatic heterocycles. The van der Waals surface area contributed by atoms with Crippen molar-refractivity contribution >= 4 is 18.5 Å². The Kier molecular flexibility index (Phi) is 18.8. The smallest absolute Gasteiger partial charge is 0.431 e. The van der Waals surface area contributed by atoms with Gasteiger partial charge in [0, 0.05) is 0 Å². The van der Waals surface area contributed by atoms with Gasteiger partial charge in [-0.05, 0) is 105 Å². The minimum absolute atomic E-state index is 0.0513. The quantitative estimate of drug-likeness (QED) is 0.128. The van der Waals surface area contributed by atoms with E-state index >= 15 is 0 Å². The van der Waals surface area contributed by atoms with Crippen LogP contribution < -0.4 is 0 Å². The van der Waals surface area contributed by atoms with Gasteiger partial charge in [-0.2, -0.15) is 0 Å². The highest BCUT2D eigenvalue weighted by atomic mass is 16.7. The summed E-state index contributed by atoms with van der Waals surface area (Å²) in [7, 11) is 0. The first kappa shape index (κ1) is 40.7. The largest absolute Gasteiger partial charge is 0.508 e. The van der Waals surface area contributed by atoms with E-state index in [9.17, 15) is 29.7 Å². The third kappa shape index (κ3) is 16.9. The Morgan fingerprint density at radius 3 is 0.767 bits per heavy atom. The van der Waals surface area contributed by atoms with Gasteiger partial charge in [-0.15, -0.1) is 0 Å². The van der Waals surface area contributed by atoms with E-state index in [0.29, 0.717) is 19.3 Å². The molecule has 0 spiro atoms. The van der Waals surface area contributed by atoms with Crippen molar-refractivity contribution in [3.63, 3.8) is 0 Å². The van der Waals surface area contributed by atoms with Crippen molar-refractivity contribution in [2.45, 2.75) is 157 Å². The lowest BCUT2D eigenvalue weighted by Crippen LogP contribution is -2.33. The lowest BCUT2D eigenvalue weighted by Gasteiger charge is -2.32. The number of aliphatic hydroxyl groups excluding tert-OH is 3. The minimum atomic E-state index is -0.857. The molecule has 0 saturated carbocycles. The molecule has 12 heteroatoms. The fourth-order valence-electron chi connectivity index (χ4n) is 4.08. The summed E-state index contributed by atoms with van der Waals surface area (Å²) in [6, 6.07) is 0. The minimum Gasteiger partial charge on any atom is -0.431 e. The first-order chi connectivity index (χ1) is 19.7. The van der Waals surface area contributed by atoms with Crippen molar-refractivity contribution < 1.29 is 58.1 Å². The van der Waals surface area contributed by atoms with E-state index < -0.39 is 73.4 Å². The number of rotatable bonds is 18. The lowest BCUT2D eigenvalue weighted by atomic mass is 9.79. The van der Waals surface area contributed by atoms with E-state index in [1.54, 1.807) is 41.5 Å². The van der Waals surface area contributed by atoms with Crippen LogP contribution in [0.3, 0.4) is 0 Å². The maximum Gasteiger partial charge on any atom is 0.508 e. The van der Waals surface area contributed by atoms with Crippen LogP contribution in [0.4, 0.5) is 14.4 Å². The summed E-state index contributed by atoms with van der Waals surface area (Å²) in [6.07, 6.45) is -6.74. The lowest BCUT2D eigenvalue weighted by molar-refractivity contribution is -0.0459. The van der Waals surface area contributed by atoms with E-state index in [-0.39, 0.29) is 23.7 Å². The fraction of sp³-hybridized carbons (Fsp3) is 0.903. The zero-order valence-corrected chi connectivity index (χ0v) is 28.1. The van der Waals surface area contributed by atoms with E-state index in [4.69, 9.17) is 28.4 Å². The standard InChI is InChI=1S/C31H58O12/c1-16(22(7)38-29(35)41-25(10)19(4)32)13-28(14-17(2)23(8)39-30(36)42-26(11)20(5)33)15-18(3)24(9)40-31(37)43-27(12)21(6)34/h16-28,32-34H,13-15H2,1-12H3. The third-order valence-electron chi connectivity index (χ3n) is 8.25. The zero-order valence-electron chi connectivity index (χ0n) is 28.1. The summed E-state index contributed by atoms with van der Waals surface area (Å²) >= 11 is 0. The van der Waals surface area contributed by atoms with Crippen LogP contribution >= 0.6 is 0 Å². The molecule has 12 nitrogen and oxygen atoms in total. The van der Waals surface area contributed by atoms with Crippen molar-refractivity contribution in [2.75, 3.05) is 0 Å². The number of hydrogen-bond donors (Lipinski definition) is 3. The average molecular weight is 623 g/mol. The Morgan fingerprint density at radius 1 is 0.395 bits per heavy atom. The number of ether oxygens (including phenoxy) is 6. The maximum absolute atomic E-state index is 12.2. The van der Waals surface area contributed by atoms with Gasteiger partial charge in [-0.3, -0.25) is 0 Å². The molecule has 0 aliphatic rings. The molecular formula is C31H58O12. The number of aliphatic hydroxyl groups is 3. The second kappa shape index (κ2) is 19.9. The molecule has 254 valence electrons. The molecule has 43 heavy (non-hydrogen) atoms. The predicted octanol–water partition coefficient (Wildman–Crippen LogP) is 5.61. The second-order valence-corrected chi connectivity index (χ2v) is 12.4. The highest BCUT2D eigenvalue weighted by Crippen LogP contribution is 2.32. The van der Waals surface area contributed by atoms with Gasteiger partial charge in [0.1, 0.15) is 36.6 Å². The van der Waals surface area contributed by atoms with Gasteiger partial charge in [0.15, 0.2) is 0 Å². The Hall–Kier alpha value is -2.31. The van der Waals surface area contributed by atoms with Crippen molar-refractivity contribution in [1.82, 2.24) is 0 Å². The first-order valence-electron chi connectivity index (χ1n) is 15.4. The zero-order chi connectivity index (χ0) is 33.6. The van der Waals surface area contributed by atoms with Gasteiger partial charge < -0.3 is 43.7 Å². The Labute approximate surface area is 257 Å². The van der Waals surface area contributed by atoms with Gasteiger partial charge in [0.05, 0.1) is 18.3 Å². The van der Waals surface area contributed by atoms with Gasteiger partial charge in [-0.1, -0.05) is 20.8 Å². The Morgan fingerprint density at radius 2 is 0.581 bits per heavy atom.